The Morgan fingerprint density at radius 2 is 2.00 bits per heavy atom. The molecular formula is C15H19N5O4. The zero-order valence-electron chi connectivity index (χ0n) is 13.8. The Bertz CT molecular complexity index is 808. The lowest BCUT2D eigenvalue weighted by Crippen LogP contribution is -2.35. The molecular weight excluding hydrogens is 314 g/mol. The summed E-state index contributed by atoms with van der Waals surface area (Å²) in [4.78, 5) is 34.7. The number of aromatic nitrogens is 4. The number of amides is 1. The molecule has 9 heteroatoms. The molecule has 0 fully saturated rings. The lowest BCUT2D eigenvalue weighted by molar-refractivity contribution is -0.140. The van der Waals surface area contributed by atoms with Gasteiger partial charge in [-0.1, -0.05) is 0 Å². The number of nitrogens with one attached hydrogen (secondary N) is 1. The molecule has 2 aromatic rings. The Labute approximate surface area is 138 Å². The first-order valence-electron chi connectivity index (χ1n) is 7.36. The third-order valence-electron chi connectivity index (χ3n) is 3.25. The zero-order chi connectivity index (χ0) is 17.7. The fourth-order valence-corrected chi connectivity index (χ4v) is 2.12. The van der Waals surface area contributed by atoms with E-state index in [4.69, 9.17) is 0 Å². The largest absolute Gasteiger partial charge is 0.469 e. The van der Waals surface area contributed by atoms with Gasteiger partial charge in [0.05, 0.1) is 19.2 Å². The fourth-order valence-electron chi connectivity index (χ4n) is 2.12. The molecule has 0 aromatic carbocycles. The molecule has 0 aliphatic rings. The molecule has 128 valence electrons. The quantitative estimate of drug-likeness (QED) is 0.729. The predicted molar refractivity (Wildman–Crippen MR) is 84.7 cm³/mol. The van der Waals surface area contributed by atoms with Crippen molar-refractivity contribution in [3.05, 3.63) is 39.9 Å². The van der Waals surface area contributed by atoms with Crippen molar-refractivity contribution in [2.45, 2.75) is 26.8 Å². The Morgan fingerprint density at radius 3 is 2.62 bits per heavy atom. The number of esters is 1. The lowest BCUT2D eigenvalue weighted by Gasteiger charge is -2.08. The van der Waals surface area contributed by atoms with Gasteiger partial charge >= 0.3 is 5.97 Å². The number of carbonyl (C=O) groups excluding carboxylic acids is 2. The number of rotatable bonds is 6. The van der Waals surface area contributed by atoms with Crippen LogP contribution in [-0.4, -0.2) is 45.1 Å². The van der Waals surface area contributed by atoms with Crippen molar-refractivity contribution in [2.24, 2.45) is 0 Å². The second kappa shape index (κ2) is 7.53. The van der Waals surface area contributed by atoms with E-state index in [9.17, 15) is 14.4 Å². The monoisotopic (exact) mass is 333 g/mol. The Kier molecular flexibility index (Phi) is 5.46. The van der Waals surface area contributed by atoms with Crippen molar-refractivity contribution in [3.8, 4) is 5.82 Å². The molecule has 0 saturated carbocycles. The van der Waals surface area contributed by atoms with E-state index >= 15 is 0 Å². The lowest BCUT2D eigenvalue weighted by atomic mass is 10.4. The summed E-state index contributed by atoms with van der Waals surface area (Å²) in [6.45, 7) is 3.62. The van der Waals surface area contributed by atoms with Gasteiger partial charge in [0.15, 0.2) is 5.82 Å². The normalized spacial score (nSPS) is 10.5. The van der Waals surface area contributed by atoms with E-state index in [1.165, 1.54) is 13.2 Å². The highest BCUT2D eigenvalue weighted by atomic mass is 16.5. The molecule has 2 rings (SSSR count). The van der Waals surface area contributed by atoms with Gasteiger partial charge in [0.1, 0.15) is 6.54 Å². The second-order valence-electron chi connectivity index (χ2n) is 5.20. The van der Waals surface area contributed by atoms with E-state index in [0.29, 0.717) is 5.82 Å². The molecule has 0 radical (unpaired) electrons. The molecule has 1 amide bonds. The summed E-state index contributed by atoms with van der Waals surface area (Å²) in [6.07, 6.45) is 0.0658. The molecule has 2 aromatic heterocycles. The van der Waals surface area contributed by atoms with Crippen LogP contribution in [0, 0.1) is 13.8 Å². The minimum absolute atomic E-state index is 0.0658. The minimum Gasteiger partial charge on any atom is -0.469 e. The van der Waals surface area contributed by atoms with Crippen LogP contribution in [0.5, 0.6) is 0 Å². The number of hydrogen-bond donors (Lipinski definition) is 1. The number of aryl methyl sites for hydroxylation is 2. The van der Waals surface area contributed by atoms with Crippen LogP contribution in [0.3, 0.4) is 0 Å². The molecule has 0 atom stereocenters. The summed E-state index contributed by atoms with van der Waals surface area (Å²) in [7, 11) is 1.28. The second-order valence-corrected chi connectivity index (χ2v) is 5.20. The van der Waals surface area contributed by atoms with Gasteiger partial charge in [0.2, 0.25) is 5.91 Å². The highest BCUT2D eigenvalue weighted by molar-refractivity contribution is 5.76. The van der Waals surface area contributed by atoms with Gasteiger partial charge in [-0.15, -0.1) is 5.10 Å². The standard InChI is InChI=1S/C15H19N5O4/c1-10-8-11(2)20(17-10)12-4-5-14(22)19(18-12)9-13(21)16-7-6-15(23)24-3/h4-5,8H,6-7,9H2,1-3H3,(H,16,21). The van der Waals surface area contributed by atoms with Gasteiger partial charge in [0, 0.05) is 18.3 Å². The molecule has 9 nitrogen and oxygen atoms in total. The van der Waals surface area contributed by atoms with Crippen LogP contribution >= 0.6 is 0 Å². The molecule has 1 N–H and O–H groups in total. The maximum absolute atomic E-state index is 11.9. The topological polar surface area (TPSA) is 108 Å². The average Bonchev–Trinajstić information content (AvgIpc) is 2.88. The van der Waals surface area contributed by atoms with Crippen LogP contribution in [0.1, 0.15) is 17.8 Å². The van der Waals surface area contributed by atoms with Crippen LogP contribution in [0.25, 0.3) is 5.82 Å². The van der Waals surface area contributed by atoms with Crippen LogP contribution in [0.2, 0.25) is 0 Å². The van der Waals surface area contributed by atoms with E-state index in [2.05, 4.69) is 20.3 Å². The summed E-state index contributed by atoms with van der Waals surface area (Å²) < 4.78 is 7.13. The molecule has 24 heavy (non-hydrogen) atoms. The number of carbonyl (C=O) groups is 2. The van der Waals surface area contributed by atoms with Crippen LogP contribution < -0.4 is 10.9 Å². The minimum atomic E-state index is -0.419. The SMILES string of the molecule is COC(=O)CCNC(=O)Cn1nc(-n2nc(C)cc2C)ccc1=O. The van der Waals surface area contributed by atoms with Gasteiger partial charge in [0.25, 0.3) is 5.56 Å². The maximum atomic E-state index is 11.9. The molecule has 0 aliphatic carbocycles. The van der Waals surface area contributed by atoms with Crippen LogP contribution in [-0.2, 0) is 20.9 Å². The molecule has 0 saturated heterocycles. The van der Waals surface area contributed by atoms with Gasteiger partial charge in [-0.3, -0.25) is 14.4 Å². The molecule has 0 spiro atoms. The molecule has 2 heterocycles. The highest BCUT2D eigenvalue weighted by Gasteiger charge is 2.10. The smallest absolute Gasteiger partial charge is 0.307 e. The fraction of sp³-hybridized carbons (Fsp3) is 0.400. The number of methoxy groups -OCH3 is 1. The first-order chi connectivity index (χ1) is 11.4. The number of ether oxygens (including phenoxy) is 1. The van der Waals surface area contributed by atoms with E-state index in [1.807, 2.05) is 19.9 Å². The van der Waals surface area contributed by atoms with Gasteiger partial charge < -0.3 is 10.1 Å². The van der Waals surface area contributed by atoms with Crippen molar-refractivity contribution in [1.82, 2.24) is 24.9 Å². The van der Waals surface area contributed by atoms with Gasteiger partial charge in [-0.25, -0.2) is 9.36 Å². The van der Waals surface area contributed by atoms with Gasteiger partial charge in [-0.2, -0.15) is 5.10 Å². The van der Waals surface area contributed by atoms with Crippen LogP contribution in [0.15, 0.2) is 23.0 Å². The maximum Gasteiger partial charge on any atom is 0.307 e. The van der Waals surface area contributed by atoms with Gasteiger partial charge in [-0.05, 0) is 26.0 Å². The Morgan fingerprint density at radius 1 is 1.25 bits per heavy atom. The average molecular weight is 333 g/mol. The Hall–Kier alpha value is -2.97. The van der Waals surface area contributed by atoms with E-state index in [1.54, 1.807) is 10.7 Å². The third kappa shape index (κ3) is 4.28. The first-order valence-corrected chi connectivity index (χ1v) is 7.36. The summed E-state index contributed by atoms with van der Waals surface area (Å²) in [5.74, 6) is -0.390. The summed E-state index contributed by atoms with van der Waals surface area (Å²) in [5, 5.41) is 11.0. The van der Waals surface area contributed by atoms with Crippen molar-refractivity contribution in [1.29, 1.82) is 0 Å². The van der Waals surface area contributed by atoms with Crippen molar-refractivity contribution in [2.75, 3.05) is 13.7 Å². The summed E-state index contributed by atoms with van der Waals surface area (Å²) >= 11 is 0. The first kappa shape index (κ1) is 17.4. The predicted octanol–water partition coefficient (Wildman–Crippen LogP) is -0.275. The highest BCUT2D eigenvalue weighted by Crippen LogP contribution is 2.07. The number of hydrogen-bond acceptors (Lipinski definition) is 6. The molecule has 0 bridgehead atoms. The van der Waals surface area contributed by atoms with E-state index in [0.717, 1.165) is 16.1 Å². The number of nitrogens with zero attached hydrogens (tertiary/aromatic N) is 4. The van der Waals surface area contributed by atoms with Crippen LogP contribution in [0.4, 0.5) is 0 Å². The summed E-state index contributed by atoms with van der Waals surface area (Å²) in [6, 6.07) is 4.77. The van der Waals surface area contributed by atoms with Crippen molar-refractivity contribution in [3.63, 3.8) is 0 Å². The van der Waals surface area contributed by atoms with Crippen molar-refractivity contribution < 1.29 is 14.3 Å². The molecule has 0 unspecified atom stereocenters. The van der Waals surface area contributed by atoms with E-state index in [-0.39, 0.29) is 19.5 Å². The third-order valence-corrected chi connectivity index (χ3v) is 3.25. The van der Waals surface area contributed by atoms with E-state index < -0.39 is 17.4 Å². The van der Waals surface area contributed by atoms with Crippen molar-refractivity contribution >= 4 is 11.9 Å². The summed E-state index contributed by atoms with van der Waals surface area (Å²) in [5.41, 5.74) is 1.30. The Balaban J connectivity index is 2.09. The zero-order valence-corrected chi connectivity index (χ0v) is 13.8. The molecule has 0 aliphatic heterocycles.